The van der Waals surface area contributed by atoms with Crippen LogP contribution in [-0.4, -0.2) is 77.8 Å². The van der Waals surface area contributed by atoms with Gasteiger partial charge in [-0.25, -0.2) is 0 Å². The number of nitrogens with zero attached hydrogens (tertiary/aromatic N) is 1. The molecule has 3 unspecified atom stereocenters. The van der Waals surface area contributed by atoms with Crippen LogP contribution in [0.25, 0.3) is 0 Å². The lowest BCUT2D eigenvalue weighted by atomic mass is 9.80. The summed E-state index contributed by atoms with van der Waals surface area (Å²) in [6.45, 7) is 25.1. The Bertz CT molecular complexity index is 1970. The molecule has 8 nitrogen and oxygen atoms in total. The van der Waals surface area contributed by atoms with Crippen LogP contribution in [0.2, 0.25) is 18.1 Å². The van der Waals surface area contributed by atoms with Gasteiger partial charge >= 0.3 is 11.9 Å². The zero-order valence-corrected chi connectivity index (χ0v) is 55.5. The lowest BCUT2D eigenvalue weighted by Crippen LogP contribution is -2.47. The lowest BCUT2D eigenvalue weighted by molar-refractivity contribution is -0.145. The average molecular weight is 1150 g/mol. The molecule has 82 heavy (non-hydrogen) atoms. The summed E-state index contributed by atoms with van der Waals surface area (Å²) in [5.41, 5.74) is 2.39. The zero-order chi connectivity index (χ0) is 59.6. The van der Waals surface area contributed by atoms with E-state index in [0.717, 1.165) is 106 Å². The quantitative estimate of drug-likeness (QED) is 0.0239. The van der Waals surface area contributed by atoms with Crippen molar-refractivity contribution in [3.63, 3.8) is 0 Å². The van der Waals surface area contributed by atoms with E-state index in [9.17, 15) is 9.59 Å². The van der Waals surface area contributed by atoms with Crippen LogP contribution in [-0.2, 0) is 33.8 Å². The topological polar surface area (TPSA) is 83.5 Å². The van der Waals surface area contributed by atoms with Gasteiger partial charge in [0.05, 0.1) is 26.4 Å². The summed E-state index contributed by atoms with van der Waals surface area (Å²) in [4.78, 5) is 28.8. The molecule has 0 fully saturated rings. The molecular formula is C73H123NO7Si. The first-order valence-corrected chi connectivity index (χ1v) is 36.7. The Balaban J connectivity index is 1.73. The van der Waals surface area contributed by atoms with Crippen LogP contribution in [0.1, 0.15) is 271 Å². The monoisotopic (exact) mass is 1150 g/mol. The molecule has 0 bridgehead atoms. The third-order valence-electron chi connectivity index (χ3n) is 17.7. The molecule has 3 atom stereocenters. The minimum absolute atomic E-state index is 0.0353. The SMILES string of the molecule is CCCCCCCC(CCCCC)CCOC(=O)CCCCCCN(CCCOC(c1ccccc1)(c1ccccc1)c1ccc(OC)cc1)CC(CCCCC(=O)OCCC(CCCCC)CCCCCCC)O[Si](C)(C)C(C)(C)C. The summed E-state index contributed by atoms with van der Waals surface area (Å²) in [6.07, 6.45) is 36.1. The molecule has 0 heterocycles. The van der Waals surface area contributed by atoms with Crippen LogP contribution in [0.5, 0.6) is 5.75 Å². The van der Waals surface area contributed by atoms with E-state index in [4.69, 9.17) is 23.4 Å². The summed E-state index contributed by atoms with van der Waals surface area (Å²) in [7, 11) is -0.440. The van der Waals surface area contributed by atoms with Crippen molar-refractivity contribution in [2.75, 3.05) is 46.6 Å². The van der Waals surface area contributed by atoms with Gasteiger partial charge in [-0.2, -0.15) is 0 Å². The molecule has 0 amide bonds. The number of unbranched alkanes of at least 4 members (excludes halogenated alkanes) is 16. The van der Waals surface area contributed by atoms with Crippen molar-refractivity contribution in [1.29, 1.82) is 0 Å². The molecule has 3 rings (SSSR count). The highest BCUT2D eigenvalue weighted by Crippen LogP contribution is 2.42. The number of hydrogen-bond donors (Lipinski definition) is 0. The van der Waals surface area contributed by atoms with Crippen LogP contribution in [0.3, 0.4) is 0 Å². The lowest BCUT2D eigenvalue weighted by Gasteiger charge is -2.41. The van der Waals surface area contributed by atoms with Crippen molar-refractivity contribution in [1.82, 2.24) is 4.90 Å². The van der Waals surface area contributed by atoms with Crippen LogP contribution in [0.15, 0.2) is 84.9 Å². The van der Waals surface area contributed by atoms with Crippen molar-refractivity contribution in [3.8, 4) is 5.75 Å². The fraction of sp³-hybridized carbons (Fsp3) is 0.726. The Morgan fingerprint density at radius 1 is 0.463 bits per heavy atom. The molecule has 0 aliphatic heterocycles. The molecule has 9 heteroatoms. The molecule has 0 radical (unpaired) electrons. The Hall–Kier alpha value is -3.50. The number of hydrogen-bond acceptors (Lipinski definition) is 8. The zero-order valence-electron chi connectivity index (χ0n) is 54.5. The molecular weight excluding hydrogens is 1030 g/mol. The van der Waals surface area contributed by atoms with Crippen LogP contribution in [0.4, 0.5) is 0 Å². The smallest absolute Gasteiger partial charge is 0.305 e. The summed E-state index contributed by atoms with van der Waals surface area (Å²) >= 11 is 0. The fourth-order valence-electron chi connectivity index (χ4n) is 11.5. The van der Waals surface area contributed by atoms with E-state index in [1.807, 2.05) is 12.1 Å². The van der Waals surface area contributed by atoms with E-state index < -0.39 is 13.9 Å². The van der Waals surface area contributed by atoms with Gasteiger partial charge in [-0.3, -0.25) is 9.59 Å². The van der Waals surface area contributed by atoms with E-state index >= 15 is 0 Å². The number of carbonyl (C=O) groups is 2. The van der Waals surface area contributed by atoms with Gasteiger partial charge in [-0.05, 0) is 110 Å². The van der Waals surface area contributed by atoms with Gasteiger partial charge in [0.25, 0.3) is 0 Å². The number of esters is 2. The van der Waals surface area contributed by atoms with E-state index in [1.54, 1.807) is 7.11 Å². The second-order valence-electron chi connectivity index (χ2n) is 25.7. The maximum absolute atomic E-state index is 13.2. The predicted molar refractivity (Wildman–Crippen MR) is 350 cm³/mol. The summed E-state index contributed by atoms with van der Waals surface area (Å²) in [5, 5.41) is 0.0582. The summed E-state index contributed by atoms with van der Waals surface area (Å²) in [6, 6.07) is 29.6. The highest BCUT2D eigenvalue weighted by atomic mass is 28.4. The molecule has 0 saturated heterocycles. The molecule has 0 saturated carbocycles. The predicted octanol–water partition coefficient (Wildman–Crippen LogP) is 20.6. The Morgan fingerprint density at radius 2 is 0.866 bits per heavy atom. The molecule has 3 aromatic carbocycles. The number of methoxy groups -OCH3 is 1. The van der Waals surface area contributed by atoms with Gasteiger partial charge in [0.2, 0.25) is 0 Å². The van der Waals surface area contributed by atoms with E-state index in [-0.39, 0.29) is 23.1 Å². The third-order valence-corrected chi connectivity index (χ3v) is 22.3. The van der Waals surface area contributed by atoms with Crippen molar-refractivity contribution in [3.05, 3.63) is 102 Å². The van der Waals surface area contributed by atoms with Gasteiger partial charge in [0.15, 0.2) is 8.32 Å². The van der Waals surface area contributed by atoms with Crippen LogP contribution < -0.4 is 4.74 Å². The first-order chi connectivity index (χ1) is 39.7. The Morgan fingerprint density at radius 3 is 1.34 bits per heavy atom. The van der Waals surface area contributed by atoms with E-state index in [2.05, 4.69) is 139 Å². The average Bonchev–Trinajstić information content (AvgIpc) is 3.66. The number of benzene rings is 3. The minimum Gasteiger partial charge on any atom is -0.497 e. The van der Waals surface area contributed by atoms with Gasteiger partial charge in [0, 0.05) is 32.5 Å². The second-order valence-corrected chi connectivity index (χ2v) is 30.5. The molecule has 466 valence electrons. The van der Waals surface area contributed by atoms with Gasteiger partial charge in [-0.1, -0.05) is 269 Å². The molecule has 0 N–H and O–H groups in total. The third kappa shape index (κ3) is 30.0. The summed E-state index contributed by atoms with van der Waals surface area (Å²) in [5.74, 6) is 2.03. The van der Waals surface area contributed by atoms with E-state index in [0.29, 0.717) is 44.5 Å². The highest BCUT2D eigenvalue weighted by Gasteiger charge is 2.40. The Labute approximate surface area is 505 Å². The molecule has 0 aliphatic rings. The minimum atomic E-state index is -2.15. The van der Waals surface area contributed by atoms with Crippen molar-refractivity contribution in [2.24, 2.45) is 11.8 Å². The fourth-order valence-corrected chi connectivity index (χ4v) is 12.9. The van der Waals surface area contributed by atoms with Crippen molar-refractivity contribution < 1.29 is 33.0 Å². The second kappa shape index (κ2) is 44.0. The first kappa shape index (κ1) is 72.8. The van der Waals surface area contributed by atoms with Gasteiger partial charge in [0.1, 0.15) is 11.4 Å². The summed E-state index contributed by atoms with van der Waals surface area (Å²) < 4.78 is 32.1. The highest BCUT2D eigenvalue weighted by molar-refractivity contribution is 6.74. The largest absolute Gasteiger partial charge is 0.497 e. The maximum atomic E-state index is 13.2. The first-order valence-electron chi connectivity index (χ1n) is 33.8. The van der Waals surface area contributed by atoms with Crippen LogP contribution >= 0.6 is 0 Å². The number of carbonyl (C=O) groups excluding carboxylic acids is 2. The maximum Gasteiger partial charge on any atom is 0.305 e. The van der Waals surface area contributed by atoms with Gasteiger partial charge < -0.3 is 28.3 Å². The van der Waals surface area contributed by atoms with Crippen molar-refractivity contribution >= 4 is 20.3 Å². The molecule has 3 aromatic rings. The normalized spacial score (nSPS) is 13.3. The standard InChI is InChI=1S/C73H123NO7Si/c1-11-15-19-21-29-42-63(40-27-17-13-3)55-60-78-70(75)49-35-23-24-38-57-74(58-39-59-80-73(65-44-31-25-32-45-65,66-46-33-26-34-47-66)67-51-53-68(77-8)54-52-67)62-69(81-82(9,10)72(5,6)7)48-36-37-50-71(76)79-61-56-64(41-28-18-14-4)43-30-22-20-16-12-2/h25-26,31-34,44-47,51-54,63-64,69H,11-24,27-30,35-43,48-50,55-62H2,1-10H3. The number of ether oxygens (including phenoxy) is 4. The van der Waals surface area contributed by atoms with Crippen LogP contribution in [0, 0.1) is 11.8 Å². The Kier molecular flexibility index (Phi) is 39.1. The van der Waals surface area contributed by atoms with Gasteiger partial charge in [-0.15, -0.1) is 0 Å². The number of rotatable bonds is 51. The molecule has 0 spiro atoms. The van der Waals surface area contributed by atoms with E-state index in [1.165, 1.54) is 128 Å². The molecule has 0 aliphatic carbocycles. The van der Waals surface area contributed by atoms with Crippen molar-refractivity contribution in [2.45, 2.75) is 284 Å². The molecule has 0 aromatic heterocycles.